The van der Waals surface area contributed by atoms with Crippen LogP contribution in [0.25, 0.3) is 0 Å². The normalized spacial score (nSPS) is 16.0. The van der Waals surface area contributed by atoms with Crippen LogP contribution < -0.4 is 10.6 Å². The second-order valence-corrected chi connectivity index (χ2v) is 14.9. The van der Waals surface area contributed by atoms with E-state index in [0.29, 0.717) is 28.2 Å². The molecule has 2 amide bonds. The van der Waals surface area contributed by atoms with Gasteiger partial charge in [0, 0.05) is 38.2 Å². The highest BCUT2D eigenvalue weighted by molar-refractivity contribution is 7.84. The minimum absolute atomic E-state index is 0.238. The molecule has 50 heavy (non-hydrogen) atoms. The Labute approximate surface area is 295 Å². The van der Waals surface area contributed by atoms with E-state index in [1.165, 1.54) is 12.5 Å². The Kier molecular flexibility index (Phi) is 11.1. The third-order valence-electron chi connectivity index (χ3n) is 8.87. The van der Waals surface area contributed by atoms with Gasteiger partial charge in [0.2, 0.25) is 0 Å². The number of hydrogen-bond donors (Lipinski definition) is 3. The number of nitrogens with one attached hydrogen (secondary N) is 2. The fourth-order valence-corrected chi connectivity index (χ4v) is 7.94. The van der Waals surface area contributed by atoms with Crippen molar-refractivity contribution in [3.63, 3.8) is 0 Å². The molecule has 0 saturated carbocycles. The molecule has 2 unspecified atom stereocenters. The zero-order valence-corrected chi connectivity index (χ0v) is 29.5. The van der Waals surface area contributed by atoms with Gasteiger partial charge in [-0.25, -0.2) is 9.59 Å². The van der Waals surface area contributed by atoms with Gasteiger partial charge in [0.1, 0.15) is 11.1 Å². The van der Waals surface area contributed by atoms with E-state index in [9.17, 15) is 32.7 Å². The lowest BCUT2D eigenvalue weighted by atomic mass is 9.95. The lowest BCUT2D eigenvalue weighted by Crippen LogP contribution is -2.56. The van der Waals surface area contributed by atoms with Crippen LogP contribution in [-0.4, -0.2) is 67.5 Å². The first-order valence-electron chi connectivity index (χ1n) is 15.9. The summed E-state index contributed by atoms with van der Waals surface area (Å²) in [5, 5.41) is 15.3. The highest BCUT2D eigenvalue weighted by atomic mass is 32.2. The van der Waals surface area contributed by atoms with E-state index in [1.54, 1.807) is 55.5 Å². The van der Waals surface area contributed by atoms with Crippen LogP contribution in [0.3, 0.4) is 0 Å². The summed E-state index contributed by atoms with van der Waals surface area (Å²) in [6, 6.07) is 28.5. The van der Waals surface area contributed by atoms with E-state index >= 15 is 0 Å². The van der Waals surface area contributed by atoms with E-state index in [0.717, 1.165) is 22.3 Å². The van der Waals surface area contributed by atoms with Crippen molar-refractivity contribution in [3.05, 3.63) is 130 Å². The first kappa shape index (κ1) is 36.3. The molecular formula is C38H38N2O8S2. The van der Waals surface area contributed by atoms with Crippen molar-refractivity contribution in [2.24, 2.45) is 0 Å². The molecule has 0 radical (unpaired) electrons. The SMILES string of the molecule is CCOC(=O)C1(NC(=O)c2ccccc2S(C)=O)Cc2ccccc2C1.CS(=O)c1ccccc1C(=O)NC1(C(=O)O)Cc2ccccc2C1. The Bertz CT molecular complexity index is 1960. The van der Waals surface area contributed by atoms with Gasteiger partial charge >= 0.3 is 11.9 Å². The molecule has 0 aliphatic heterocycles. The summed E-state index contributed by atoms with van der Waals surface area (Å²) in [7, 11) is -2.65. The molecule has 0 heterocycles. The van der Waals surface area contributed by atoms with Gasteiger partial charge in [-0.1, -0.05) is 72.8 Å². The summed E-state index contributed by atoms with van der Waals surface area (Å²) in [4.78, 5) is 51.1. The highest BCUT2D eigenvalue weighted by Crippen LogP contribution is 2.33. The van der Waals surface area contributed by atoms with E-state index < -0.39 is 56.4 Å². The van der Waals surface area contributed by atoms with Crippen molar-refractivity contribution in [1.29, 1.82) is 0 Å². The summed E-state index contributed by atoms with van der Waals surface area (Å²) < 4.78 is 29.0. The van der Waals surface area contributed by atoms with Crippen LogP contribution in [0.15, 0.2) is 107 Å². The minimum Gasteiger partial charge on any atom is -0.479 e. The topological polar surface area (TPSA) is 156 Å². The maximum absolute atomic E-state index is 12.9. The number of amides is 2. The number of hydrogen-bond acceptors (Lipinski definition) is 7. The molecule has 260 valence electrons. The molecule has 0 fully saturated rings. The molecule has 2 aliphatic carbocycles. The number of ether oxygens (including phenoxy) is 1. The smallest absolute Gasteiger partial charge is 0.332 e. The van der Waals surface area contributed by atoms with Gasteiger partial charge in [0.25, 0.3) is 11.8 Å². The molecule has 2 aliphatic rings. The van der Waals surface area contributed by atoms with Crippen molar-refractivity contribution < 1.29 is 37.4 Å². The lowest BCUT2D eigenvalue weighted by Gasteiger charge is -2.28. The van der Waals surface area contributed by atoms with Gasteiger partial charge in [0.05, 0.1) is 49.1 Å². The van der Waals surface area contributed by atoms with Gasteiger partial charge in [-0.3, -0.25) is 18.0 Å². The standard InChI is InChI=1S/C20H21NO4S.C18H17NO4S/c1-3-25-19(23)20(12-14-8-4-5-9-15(14)13-20)21-18(22)16-10-6-7-11-17(16)26(2)24;1-24(23)15-9-5-4-8-14(15)16(20)19-18(17(21)22)10-12-6-2-3-7-13(12)11-18/h4-11H,3,12-13H2,1-2H3,(H,21,22);2-9H,10-11H2,1H3,(H,19,20)(H,21,22). The molecular weight excluding hydrogens is 677 g/mol. The van der Waals surface area contributed by atoms with Crippen molar-refractivity contribution in [1.82, 2.24) is 10.6 Å². The molecule has 0 spiro atoms. The van der Waals surface area contributed by atoms with Crippen LogP contribution in [0.1, 0.15) is 49.9 Å². The molecule has 2 atom stereocenters. The zero-order valence-electron chi connectivity index (χ0n) is 27.9. The number of rotatable bonds is 9. The number of carbonyl (C=O) groups excluding carboxylic acids is 3. The van der Waals surface area contributed by atoms with E-state index in [4.69, 9.17) is 4.74 Å². The van der Waals surface area contributed by atoms with Gasteiger partial charge in [-0.2, -0.15) is 0 Å². The molecule has 0 aromatic heterocycles. The van der Waals surface area contributed by atoms with Crippen LogP contribution in [0.5, 0.6) is 0 Å². The third kappa shape index (κ3) is 7.61. The Hall–Kier alpha value is -4.94. The number of carboxylic acid groups (broad SMARTS) is 1. The largest absolute Gasteiger partial charge is 0.479 e. The maximum atomic E-state index is 12.9. The quantitative estimate of drug-likeness (QED) is 0.220. The average Bonchev–Trinajstić information content (AvgIpc) is 3.68. The Balaban J connectivity index is 0.000000195. The first-order chi connectivity index (χ1) is 23.9. The summed E-state index contributed by atoms with van der Waals surface area (Å²) in [6.07, 6.45) is 4.25. The van der Waals surface area contributed by atoms with Crippen LogP contribution in [0.4, 0.5) is 0 Å². The lowest BCUT2D eigenvalue weighted by molar-refractivity contribution is -0.150. The van der Waals surface area contributed by atoms with Crippen LogP contribution >= 0.6 is 0 Å². The summed E-state index contributed by atoms with van der Waals surface area (Å²) in [5.41, 5.74) is 1.94. The van der Waals surface area contributed by atoms with Gasteiger partial charge in [-0.15, -0.1) is 0 Å². The number of carboxylic acids is 1. The predicted octanol–water partition coefficient (Wildman–Crippen LogP) is 4.03. The van der Waals surface area contributed by atoms with Gasteiger partial charge in [0.15, 0.2) is 0 Å². The van der Waals surface area contributed by atoms with E-state index in [-0.39, 0.29) is 25.0 Å². The number of carbonyl (C=O) groups is 4. The second-order valence-electron chi connectivity index (χ2n) is 12.2. The summed E-state index contributed by atoms with van der Waals surface area (Å²) in [6.45, 7) is 1.98. The molecule has 0 bridgehead atoms. The van der Waals surface area contributed by atoms with Crippen LogP contribution in [0.2, 0.25) is 0 Å². The average molecular weight is 715 g/mol. The van der Waals surface area contributed by atoms with Gasteiger partial charge < -0.3 is 20.5 Å². The van der Waals surface area contributed by atoms with Crippen LogP contribution in [0, 0.1) is 0 Å². The van der Waals surface area contributed by atoms with Crippen molar-refractivity contribution in [3.8, 4) is 0 Å². The number of aliphatic carboxylic acids is 1. The van der Waals surface area contributed by atoms with Crippen LogP contribution in [-0.2, 0) is 61.6 Å². The summed E-state index contributed by atoms with van der Waals surface area (Å²) >= 11 is 0. The molecule has 12 heteroatoms. The monoisotopic (exact) mass is 714 g/mol. The zero-order chi connectivity index (χ0) is 36.1. The number of benzene rings is 4. The Morgan fingerprint density at radius 1 is 0.620 bits per heavy atom. The fourth-order valence-electron chi connectivity index (χ4n) is 6.46. The Morgan fingerprint density at radius 3 is 1.32 bits per heavy atom. The first-order valence-corrected chi connectivity index (χ1v) is 19.1. The molecule has 10 nitrogen and oxygen atoms in total. The third-order valence-corrected chi connectivity index (χ3v) is 10.8. The highest BCUT2D eigenvalue weighted by Gasteiger charge is 2.47. The van der Waals surface area contributed by atoms with Gasteiger partial charge in [-0.05, 0) is 53.4 Å². The van der Waals surface area contributed by atoms with E-state index in [2.05, 4.69) is 10.6 Å². The van der Waals surface area contributed by atoms with Crippen molar-refractivity contribution in [2.45, 2.75) is 53.5 Å². The second kappa shape index (κ2) is 15.3. The molecule has 4 aromatic rings. The van der Waals surface area contributed by atoms with Crippen molar-refractivity contribution >= 4 is 45.4 Å². The molecule has 3 N–H and O–H groups in total. The number of fused-ring (bicyclic) bond motifs is 2. The molecule has 0 saturated heterocycles. The van der Waals surface area contributed by atoms with Crippen molar-refractivity contribution in [2.75, 3.05) is 19.1 Å². The minimum atomic E-state index is -1.37. The van der Waals surface area contributed by atoms with E-state index in [1.807, 2.05) is 48.5 Å². The predicted molar refractivity (Wildman–Crippen MR) is 190 cm³/mol. The molecule has 4 aromatic carbocycles. The maximum Gasteiger partial charge on any atom is 0.332 e. The Morgan fingerprint density at radius 2 is 0.960 bits per heavy atom. The number of esters is 1. The fraction of sp³-hybridized carbons (Fsp3) is 0.263. The summed E-state index contributed by atoms with van der Waals surface area (Å²) in [5.74, 6) is -2.45. The molecule has 6 rings (SSSR count).